The van der Waals surface area contributed by atoms with Gasteiger partial charge in [-0.25, -0.2) is 4.79 Å². The van der Waals surface area contributed by atoms with Gasteiger partial charge in [0.2, 0.25) is 5.56 Å². The van der Waals surface area contributed by atoms with E-state index in [1.807, 2.05) is 18.2 Å². The molecule has 0 saturated carbocycles. The van der Waals surface area contributed by atoms with Gasteiger partial charge in [-0.3, -0.25) is 10.1 Å². The first-order valence-electron chi connectivity index (χ1n) is 5.06. The van der Waals surface area contributed by atoms with Crippen LogP contribution in [-0.2, 0) is 0 Å². The minimum absolute atomic E-state index is 0.262. The van der Waals surface area contributed by atoms with Crippen LogP contribution in [0.1, 0.15) is 0 Å². The number of carbonyl (C=O) groups is 1. The maximum absolute atomic E-state index is 11.5. The lowest BCUT2D eigenvalue weighted by atomic mass is 10.3. The molecule has 0 fully saturated rings. The third-order valence-electron chi connectivity index (χ3n) is 2.05. The number of aromatic nitrogens is 1. The van der Waals surface area contributed by atoms with Gasteiger partial charge < -0.3 is 10.3 Å². The second-order valence-corrected chi connectivity index (χ2v) is 3.37. The van der Waals surface area contributed by atoms with Crippen molar-refractivity contribution in [3.8, 4) is 0 Å². The smallest absolute Gasteiger partial charge is 0.309 e. The van der Waals surface area contributed by atoms with E-state index >= 15 is 0 Å². The van der Waals surface area contributed by atoms with Crippen LogP contribution in [0.15, 0.2) is 53.3 Å². The van der Waals surface area contributed by atoms with Gasteiger partial charge in [-0.2, -0.15) is 0 Å². The molecular weight excluding hydrogens is 218 g/mol. The number of urea groups is 1. The van der Waals surface area contributed by atoms with Gasteiger partial charge in [0.25, 0.3) is 0 Å². The van der Waals surface area contributed by atoms with Gasteiger partial charge in [-0.15, -0.1) is 0 Å². The van der Waals surface area contributed by atoms with E-state index in [-0.39, 0.29) is 5.56 Å². The van der Waals surface area contributed by atoms with Crippen LogP contribution in [0.4, 0.5) is 16.3 Å². The number of benzene rings is 1. The number of carbonyl (C=O) groups excluding carboxylic acids is 1. The lowest BCUT2D eigenvalue weighted by molar-refractivity contribution is 0.262. The van der Waals surface area contributed by atoms with Gasteiger partial charge in [-0.1, -0.05) is 24.3 Å². The summed E-state index contributed by atoms with van der Waals surface area (Å²) in [4.78, 5) is 25.0. The van der Waals surface area contributed by atoms with Crippen LogP contribution in [-0.4, -0.2) is 11.0 Å². The quantitative estimate of drug-likeness (QED) is 0.737. The predicted molar refractivity (Wildman–Crippen MR) is 66.1 cm³/mol. The van der Waals surface area contributed by atoms with Gasteiger partial charge in [0.15, 0.2) is 0 Å². The number of pyridine rings is 1. The Kier molecular flexibility index (Phi) is 3.20. The SMILES string of the molecule is O=C(Nc1ccccc1)Nc1cccc(=O)[nH]1. The van der Waals surface area contributed by atoms with Crippen molar-refractivity contribution in [1.82, 2.24) is 4.98 Å². The predicted octanol–water partition coefficient (Wildman–Crippen LogP) is 2.02. The molecule has 2 aromatic rings. The van der Waals surface area contributed by atoms with E-state index in [9.17, 15) is 9.59 Å². The molecular formula is C12H11N3O2. The molecule has 0 aliphatic rings. The highest BCUT2D eigenvalue weighted by molar-refractivity contribution is 5.99. The number of H-pyrrole nitrogens is 1. The molecule has 0 atom stereocenters. The summed E-state index contributed by atoms with van der Waals surface area (Å²) in [6.45, 7) is 0. The molecule has 2 amide bonds. The summed E-state index contributed by atoms with van der Waals surface area (Å²) in [5.74, 6) is 0.353. The monoisotopic (exact) mass is 229 g/mol. The number of hydrogen-bond acceptors (Lipinski definition) is 2. The summed E-state index contributed by atoms with van der Waals surface area (Å²) in [5, 5.41) is 5.16. The fraction of sp³-hybridized carbons (Fsp3) is 0. The van der Waals surface area contributed by atoms with Gasteiger partial charge in [0.05, 0.1) is 0 Å². The van der Waals surface area contributed by atoms with Crippen molar-refractivity contribution in [2.75, 3.05) is 10.6 Å². The molecule has 1 aromatic heterocycles. The Morgan fingerprint density at radius 1 is 0.941 bits per heavy atom. The molecule has 0 unspecified atom stereocenters. The van der Waals surface area contributed by atoms with E-state index in [4.69, 9.17) is 0 Å². The van der Waals surface area contributed by atoms with Crippen LogP contribution in [0.3, 0.4) is 0 Å². The van der Waals surface area contributed by atoms with E-state index in [2.05, 4.69) is 15.6 Å². The molecule has 0 saturated heterocycles. The Morgan fingerprint density at radius 3 is 2.41 bits per heavy atom. The number of anilines is 2. The average Bonchev–Trinajstić information content (AvgIpc) is 2.30. The van der Waals surface area contributed by atoms with Crippen molar-refractivity contribution >= 4 is 17.5 Å². The normalized spacial score (nSPS) is 9.65. The third-order valence-corrected chi connectivity index (χ3v) is 2.05. The zero-order valence-electron chi connectivity index (χ0n) is 8.94. The summed E-state index contributed by atoms with van der Waals surface area (Å²) < 4.78 is 0. The molecule has 0 spiro atoms. The van der Waals surface area contributed by atoms with Gasteiger partial charge in [0.1, 0.15) is 5.82 Å². The number of hydrogen-bond donors (Lipinski definition) is 3. The molecule has 3 N–H and O–H groups in total. The average molecular weight is 229 g/mol. The molecule has 17 heavy (non-hydrogen) atoms. The Bertz CT molecular complexity index is 563. The fourth-order valence-electron chi connectivity index (χ4n) is 1.33. The second-order valence-electron chi connectivity index (χ2n) is 3.37. The van der Waals surface area contributed by atoms with Crippen LogP contribution < -0.4 is 16.2 Å². The first-order chi connectivity index (χ1) is 8.24. The molecule has 0 aliphatic heterocycles. The maximum Gasteiger partial charge on any atom is 0.324 e. The van der Waals surface area contributed by atoms with Gasteiger partial charge >= 0.3 is 6.03 Å². The van der Waals surface area contributed by atoms with Crippen LogP contribution in [0.25, 0.3) is 0 Å². The second kappa shape index (κ2) is 4.98. The molecule has 0 radical (unpaired) electrons. The number of nitrogens with one attached hydrogen (secondary N) is 3. The van der Waals surface area contributed by atoms with E-state index in [1.165, 1.54) is 6.07 Å². The molecule has 5 nitrogen and oxygen atoms in total. The maximum atomic E-state index is 11.5. The van der Waals surface area contributed by atoms with Gasteiger partial charge in [0, 0.05) is 11.8 Å². The molecule has 0 aliphatic carbocycles. The topological polar surface area (TPSA) is 74.0 Å². The largest absolute Gasteiger partial charge is 0.324 e. The Hall–Kier alpha value is -2.56. The molecule has 86 valence electrons. The van der Waals surface area contributed by atoms with Crippen LogP contribution in [0.2, 0.25) is 0 Å². The molecule has 0 bridgehead atoms. The Morgan fingerprint density at radius 2 is 1.71 bits per heavy atom. The fourth-order valence-corrected chi connectivity index (χ4v) is 1.33. The Labute approximate surface area is 97.5 Å². The Balaban J connectivity index is 2.01. The first kappa shape index (κ1) is 10.9. The summed E-state index contributed by atoms with van der Waals surface area (Å²) in [6.07, 6.45) is 0. The van der Waals surface area contributed by atoms with Crippen molar-refractivity contribution < 1.29 is 4.79 Å². The van der Waals surface area contributed by atoms with Crippen molar-refractivity contribution in [1.29, 1.82) is 0 Å². The summed E-state index contributed by atoms with van der Waals surface area (Å²) in [6, 6.07) is 13.2. The highest BCUT2D eigenvalue weighted by Gasteiger charge is 2.01. The van der Waals surface area contributed by atoms with Crippen LogP contribution in [0, 0.1) is 0 Å². The van der Waals surface area contributed by atoms with Crippen LogP contribution >= 0.6 is 0 Å². The number of rotatable bonds is 2. The standard InChI is InChI=1S/C12H11N3O2/c16-11-8-4-7-10(14-11)15-12(17)13-9-5-2-1-3-6-9/h1-8H,(H3,13,14,15,16,17). The lowest BCUT2D eigenvalue weighted by Crippen LogP contribution is -2.21. The lowest BCUT2D eigenvalue weighted by Gasteiger charge is -2.06. The third kappa shape index (κ3) is 3.20. The zero-order valence-corrected chi connectivity index (χ0v) is 8.94. The summed E-state index contributed by atoms with van der Waals surface area (Å²) >= 11 is 0. The van der Waals surface area contributed by atoms with Crippen molar-refractivity contribution in [3.05, 3.63) is 58.9 Å². The highest BCUT2D eigenvalue weighted by Crippen LogP contribution is 2.06. The molecule has 2 rings (SSSR count). The minimum atomic E-state index is -0.405. The molecule has 1 heterocycles. The molecule has 5 heteroatoms. The van der Waals surface area contributed by atoms with Crippen molar-refractivity contribution in [2.24, 2.45) is 0 Å². The van der Waals surface area contributed by atoms with E-state index in [0.29, 0.717) is 11.5 Å². The van der Waals surface area contributed by atoms with Gasteiger partial charge in [-0.05, 0) is 18.2 Å². The summed E-state index contributed by atoms with van der Waals surface area (Å²) in [5.41, 5.74) is 0.422. The number of para-hydroxylation sites is 1. The minimum Gasteiger partial charge on any atom is -0.309 e. The van der Waals surface area contributed by atoms with E-state index in [1.54, 1.807) is 24.3 Å². The van der Waals surface area contributed by atoms with Crippen molar-refractivity contribution in [2.45, 2.75) is 0 Å². The molecule has 1 aromatic carbocycles. The zero-order chi connectivity index (χ0) is 12.1. The summed E-state index contributed by atoms with van der Waals surface area (Å²) in [7, 11) is 0. The van der Waals surface area contributed by atoms with E-state index in [0.717, 1.165) is 0 Å². The first-order valence-corrected chi connectivity index (χ1v) is 5.06. The number of aromatic amines is 1. The highest BCUT2D eigenvalue weighted by atomic mass is 16.2. The van der Waals surface area contributed by atoms with Crippen molar-refractivity contribution in [3.63, 3.8) is 0 Å². The number of amides is 2. The van der Waals surface area contributed by atoms with Crippen LogP contribution in [0.5, 0.6) is 0 Å². The van der Waals surface area contributed by atoms with E-state index < -0.39 is 6.03 Å².